The predicted molar refractivity (Wildman–Crippen MR) is 148 cm³/mol. The summed E-state index contributed by atoms with van der Waals surface area (Å²) in [5.74, 6) is -1.12. The van der Waals surface area contributed by atoms with E-state index in [0.29, 0.717) is 37.4 Å². The second kappa shape index (κ2) is 13.1. The van der Waals surface area contributed by atoms with Gasteiger partial charge in [0.1, 0.15) is 11.9 Å². The number of halogens is 1. The molecule has 3 N–H and O–H groups in total. The normalized spacial score (nSPS) is 20.4. The number of amides is 4. The van der Waals surface area contributed by atoms with Crippen LogP contribution in [0.3, 0.4) is 0 Å². The second-order valence-electron chi connectivity index (χ2n) is 10.5. The Kier molecular flexibility index (Phi) is 9.59. The summed E-state index contributed by atoms with van der Waals surface area (Å²) >= 11 is 0. The van der Waals surface area contributed by atoms with Crippen LogP contribution in [0.2, 0.25) is 0 Å². The summed E-state index contributed by atoms with van der Waals surface area (Å²) in [4.78, 5) is 42.7. The fourth-order valence-corrected chi connectivity index (χ4v) is 4.86. The highest BCUT2D eigenvalue weighted by Crippen LogP contribution is 2.35. The molecule has 0 radical (unpaired) electrons. The first-order chi connectivity index (χ1) is 19.2. The largest absolute Gasteiger partial charge is 0.485 e. The number of carbonyl (C=O) groups is 3. The minimum Gasteiger partial charge on any atom is -0.485 e. The second-order valence-corrected chi connectivity index (χ2v) is 10.5. The Labute approximate surface area is 233 Å². The Balaban J connectivity index is 1.61. The maximum absolute atomic E-state index is 13.6. The third-order valence-electron chi connectivity index (χ3n) is 7.44. The van der Waals surface area contributed by atoms with Crippen LogP contribution in [-0.2, 0) is 9.53 Å². The van der Waals surface area contributed by atoms with Gasteiger partial charge in [-0.2, -0.15) is 0 Å². The van der Waals surface area contributed by atoms with Crippen molar-refractivity contribution in [3.8, 4) is 5.75 Å². The lowest BCUT2D eigenvalue weighted by Gasteiger charge is -2.38. The van der Waals surface area contributed by atoms with Crippen LogP contribution in [0.15, 0.2) is 42.5 Å². The fourth-order valence-electron chi connectivity index (χ4n) is 4.86. The number of urea groups is 1. The van der Waals surface area contributed by atoms with Crippen LogP contribution in [0.5, 0.6) is 5.75 Å². The van der Waals surface area contributed by atoms with E-state index in [-0.39, 0.29) is 54.7 Å². The number of nitrogens with one attached hydrogen (secondary N) is 2. The standard InChI is InChI=1S/C29H37FN4O6/c1-18-15-34(19(2)17-35)28(37)23-5-4-6-24(32-27(36)20-11-13-39-14-12-20)26(23)40-25(18)16-33(3)29(38)31-22-9-7-21(30)8-10-22/h4-10,18-20,25,35H,11-17H2,1-3H3,(H,31,38)(H,32,36)/t18-,19-,25-/m1/s1. The van der Waals surface area contributed by atoms with E-state index in [2.05, 4.69) is 10.6 Å². The van der Waals surface area contributed by atoms with Crippen LogP contribution in [0.1, 0.15) is 37.0 Å². The van der Waals surface area contributed by atoms with Crippen molar-refractivity contribution in [2.24, 2.45) is 11.8 Å². The lowest BCUT2D eigenvalue weighted by Crippen LogP contribution is -2.50. The molecule has 216 valence electrons. The Morgan fingerprint density at radius 2 is 1.85 bits per heavy atom. The number of anilines is 2. The number of fused-ring (bicyclic) bond motifs is 1. The molecule has 2 aliphatic heterocycles. The molecule has 0 unspecified atom stereocenters. The zero-order valence-electron chi connectivity index (χ0n) is 23.1. The summed E-state index contributed by atoms with van der Waals surface area (Å²) in [5, 5.41) is 15.6. The number of carbonyl (C=O) groups excluding carboxylic acids is 3. The van der Waals surface area contributed by atoms with E-state index in [1.807, 2.05) is 6.92 Å². The van der Waals surface area contributed by atoms with Gasteiger partial charge in [-0.05, 0) is 56.2 Å². The topological polar surface area (TPSA) is 120 Å². The molecule has 3 atom stereocenters. The van der Waals surface area contributed by atoms with Gasteiger partial charge in [-0.15, -0.1) is 0 Å². The molecule has 2 aromatic rings. The number of nitrogens with zero attached hydrogens (tertiary/aromatic N) is 2. The molecule has 0 aliphatic carbocycles. The van der Waals surface area contributed by atoms with Crippen LogP contribution in [-0.4, -0.2) is 84.9 Å². The minimum absolute atomic E-state index is 0.158. The average Bonchev–Trinajstić information content (AvgIpc) is 2.96. The first-order valence-electron chi connectivity index (χ1n) is 13.6. The van der Waals surface area contributed by atoms with E-state index in [1.54, 1.807) is 37.1 Å². The highest BCUT2D eigenvalue weighted by atomic mass is 19.1. The van der Waals surface area contributed by atoms with Gasteiger partial charge < -0.3 is 35.0 Å². The highest BCUT2D eigenvalue weighted by Gasteiger charge is 2.35. The number of likely N-dealkylation sites (N-methyl/N-ethyl adjacent to an activating group) is 1. The zero-order valence-corrected chi connectivity index (χ0v) is 23.1. The summed E-state index contributed by atoms with van der Waals surface area (Å²) in [5.41, 5.74) is 1.08. The number of aliphatic hydroxyl groups excluding tert-OH is 1. The van der Waals surface area contributed by atoms with Gasteiger partial charge in [-0.3, -0.25) is 9.59 Å². The maximum atomic E-state index is 13.6. The minimum atomic E-state index is -0.564. The molecule has 2 heterocycles. The Morgan fingerprint density at radius 3 is 2.52 bits per heavy atom. The van der Waals surface area contributed by atoms with Crippen LogP contribution >= 0.6 is 0 Å². The number of benzene rings is 2. The summed E-state index contributed by atoms with van der Waals surface area (Å²) < 4.78 is 25.1. The quantitative estimate of drug-likeness (QED) is 0.480. The molecular formula is C29H37FN4O6. The molecule has 0 spiro atoms. The number of hydrogen-bond acceptors (Lipinski definition) is 6. The van der Waals surface area contributed by atoms with Crippen LogP contribution in [0, 0.1) is 17.7 Å². The van der Waals surface area contributed by atoms with Gasteiger partial charge in [0, 0.05) is 44.3 Å². The van der Waals surface area contributed by atoms with Gasteiger partial charge in [-0.1, -0.05) is 13.0 Å². The van der Waals surface area contributed by atoms with Gasteiger partial charge >= 0.3 is 6.03 Å². The van der Waals surface area contributed by atoms with E-state index < -0.39 is 24.0 Å². The van der Waals surface area contributed by atoms with E-state index in [9.17, 15) is 23.9 Å². The smallest absolute Gasteiger partial charge is 0.321 e. The van der Waals surface area contributed by atoms with E-state index in [0.717, 1.165) is 0 Å². The monoisotopic (exact) mass is 556 g/mol. The Morgan fingerprint density at radius 1 is 1.15 bits per heavy atom. The van der Waals surface area contributed by atoms with Crippen molar-refractivity contribution in [1.82, 2.24) is 9.80 Å². The molecule has 0 aromatic heterocycles. The Hall–Kier alpha value is -3.70. The number of para-hydroxylation sites is 1. The van der Waals surface area contributed by atoms with Crippen LogP contribution < -0.4 is 15.4 Å². The third kappa shape index (κ3) is 6.89. The van der Waals surface area contributed by atoms with E-state index in [4.69, 9.17) is 9.47 Å². The number of rotatable bonds is 7. The lowest BCUT2D eigenvalue weighted by molar-refractivity contribution is -0.122. The molecule has 0 saturated carbocycles. The molecule has 4 amide bonds. The van der Waals surface area contributed by atoms with Gasteiger partial charge in [0.25, 0.3) is 5.91 Å². The Bertz CT molecular complexity index is 1200. The van der Waals surface area contributed by atoms with Crippen molar-refractivity contribution in [2.75, 3.05) is 50.6 Å². The van der Waals surface area contributed by atoms with Crippen molar-refractivity contribution < 1.29 is 33.4 Å². The average molecular weight is 557 g/mol. The molecule has 2 aliphatic rings. The lowest BCUT2D eigenvalue weighted by atomic mass is 9.98. The highest BCUT2D eigenvalue weighted by molar-refractivity contribution is 6.02. The van der Waals surface area contributed by atoms with Gasteiger partial charge in [-0.25, -0.2) is 9.18 Å². The zero-order chi connectivity index (χ0) is 28.8. The number of ether oxygens (including phenoxy) is 2. The summed E-state index contributed by atoms with van der Waals surface area (Å²) in [6.07, 6.45) is 0.650. The molecule has 11 heteroatoms. The number of hydrogen-bond donors (Lipinski definition) is 3. The van der Waals surface area contributed by atoms with Crippen LogP contribution in [0.4, 0.5) is 20.6 Å². The molecule has 10 nitrogen and oxygen atoms in total. The third-order valence-corrected chi connectivity index (χ3v) is 7.44. The van der Waals surface area contributed by atoms with Crippen molar-refractivity contribution >= 4 is 29.2 Å². The molecule has 0 bridgehead atoms. The van der Waals surface area contributed by atoms with Gasteiger partial charge in [0.05, 0.1) is 30.4 Å². The summed E-state index contributed by atoms with van der Waals surface area (Å²) in [6, 6.07) is 9.61. The number of aliphatic hydroxyl groups is 1. The van der Waals surface area contributed by atoms with Crippen molar-refractivity contribution in [3.63, 3.8) is 0 Å². The molecular weight excluding hydrogens is 519 g/mol. The summed E-state index contributed by atoms with van der Waals surface area (Å²) in [6.45, 7) is 4.93. The maximum Gasteiger partial charge on any atom is 0.321 e. The first kappa shape index (κ1) is 29.3. The molecule has 2 aromatic carbocycles. The molecule has 1 fully saturated rings. The fraction of sp³-hybridized carbons (Fsp3) is 0.483. The SMILES string of the molecule is C[C@@H]1CN([C@H](C)CO)C(=O)c2cccc(NC(=O)C3CCOCC3)c2O[C@@H]1CN(C)C(=O)Nc1ccc(F)cc1. The van der Waals surface area contributed by atoms with E-state index in [1.165, 1.54) is 29.2 Å². The molecule has 1 saturated heterocycles. The van der Waals surface area contributed by atoms with E-state index >= 15 is 0 Å². The van der Waals surface area contributed by atoms with Crippen LogP contribution in [0.25, 0.3) is 0 Å². The van der Waals surface area contributed by atoms with Crippen molar-refractivity contribution in [1.29, 1.82) is 0 Å². The van der Waals surface area contributed by atoms with Gasteiger partial charge in [0.15, 0.2) is 5.75 Å². The summed E-state index contributed by atoms with van der Waals surface area (Å²) in [7, 11) is 1.62. The van der Waals surface area contributed by atoms with Crippen molar-refractivity contribution in [3.05, 3.63) is 53.8 Å². The molecule has 4 rings (SSSR count). The first-order valence-corrected chi connectivity index (χ1v) is 13.6. The van der Waals surface area contributed by atoms with Crippen molar-refractivity contribution in [2.45, 2.75) is 38.8 Å². The molecule has 40 heavy (non-hydrogen) atoms. The van der Waals surface area contributed by atoms with Gasteiger partial charge in [0.2, 0.25) is 5.91 Å². The predicted octanol–water partition coefficient (Wildman–Crippen LogP) is 3.57.